The molecule has 0 atom stereocenters. The number of nitrogens with two attached hydrogens (primary N) is 1. The molecule has 78 valence electrons. The molecule has 1 aromatic carbocycles. The van der Waals surface area contributed by atoms with E-state index in [0.717, 1.165) is 0 Å². The zero-order valence-corrected chi connectivity index (χ0v) is 8.31. The number of rotatable bonds is 1. The van der Waals surface area contributed by atoms with Crippen molar-refractivity contribution < 1.29 is 4.39 Å². The lowest BCUT2D eigenvalue weighted by atomic mass is 10.1. The number of hydrogen-bond donors (Lipinski definition) is 1. The molecular formula is C12H8FN3. The second kappa shape index (κ2) is 3.99. The van der Waals surface area contributed by atoms with Gasteiger partial charge in [-0.1, -0.05) is 0 Å². The summed E-state index contributed by atoms with van der Waals surface area (Å²) in [5, 5.41) is 8.73. The van der Waals surface area contributed by atoms with Crippen LogP contribution >= 0.6 is 0 Å². The molecule has 2 aromatic rings. The lowest BCUT2D eigenvalue weighted by Gasteiger charge is -2.02. The van der Waals surface area contributed by atoms with Crippen LogP contribution in [0.3, 0.4) is 0 Å². The van der Waals surface area contributed by atoms with Gasteiger partial charge in [-0.25, -0.2) is 4.39 Å². The number of halogens is 1. The van der Waals surface area contributed by atoms with Crippen molar-refractivity contribution in [1.29, 1.82) is 5.26 Å². The summed E-state index contributed by atoms with van der Waals surface area (Å²) in [7, 11) is 0. The SMILES string of the molecule is N#Cc1cc(F)cc(-c2cc(N)ccn2)c1. The fraction of sp³-hybridized carbons (Fsp3) is 0. The Hall–Kier alpha value is -2.41. The molecule has 0 aliphatic carbocycles. The van der Waals surface area contributed by atoms with E-state index >= 15 is 0 Å². The monoisotopic (exact) mass is 213 g/mol. The Morgan fingerprint density at radius 1 is 1.25 bits per heavy atom. The largest absolute Gasteiger partial charge is 0.399 e. The van der Waals surface area contributed by atoms with Crippen molar-refractivity contribution in [2.75, 3.05) is 5.73 Å². The van der Waals surface area contributed by atoms with Crippen molar-refractivity contribution in [2.24, 2.45) is 0 Å². The molecule has 0 aliphatic heterocycles. The van der Waals surface area contributed by atoms with Gasteiger partial charge < -0.3 is 5.73 Å². The van der Waals surface area contributed by atoms with E-state index in [9.17, 15) is 4.39 Å². The average Bonchev–Trinajstić information content (AvgIpc) is 2.28. The quantitative estimate of drug-likeness (QED) is 0.790. The third-order valence-corrected chi connectivity index (χ3v) is 2.11. The van der Waals surface area contributed by atoms with E-state index in [1.54, 1.807) is 24.4 Å². The van der Waals surface area contributed by atoms with Crippen molar-refractivity contribution in [3.05, 3.63) is 47.9 Å². The highest BCUT2D eigenvalue weighted by molar-refractivity contribution is 5.64. The molecule has 0 saturated carbocycles. The van der Waals surface area contributed by atoms with Crippen molar-refractivity contribution in [1.82, 2.24) is 4.98 Å². The van der Waals surface area contributed by atoms with Gasteiger partial charge >= 0.3 is 0 Å². The van der Waals surface area contributed by atoms with Gasteiger partial charge in [-0.05, 0) is 30.3 Å². The number of nitriles is 1. The van der Waals surface area contributed by atoms with Gasteiger partial charge in [-0.15, -0.1) is 0 Å². The van der Waals surface area contributed by atoms with Crippen molar-refractivity contribution in [3.63, 3.8) is 0 Å². The summed E-state index contributed by atoms with van der Waals surface area (Å²) in [6.07, 6.45) is 1.54. The van der Waals surface area contributed by atoms with Crippen LogP contribution in [0.15, 0.2) is 36.5 Å². The lowest BCUT2D eigenvalue weighted by molar-refractivity contribution is 0.628. The standard InChI is InChI=1S/C12H8FN3/c13-10-4-8(7-14)3-9(5-10)12-6-11(15)1-2-16-12/h1-6H,(H2,15,16). The van der Waals surface area contributed by atoms with Crippen LogP contribution in [0.4, 0.5) is 10.1 Å². The maximum absolute atomic E-state index is 13.2. The Morgan fingerprint density at radius 2 is 2.06 bits per heavy atom. The van der Waals surface area contributed by atoms with E-state index in [0.29, 0.717) is 16.9 Å². The molecule has 0 radical (unpaired) electrons. The minimum Gasteiger partial charge on any atom is -0.399 e. The van der Waals surface area contributed by atoms with E-state index in [1.165, 1.54) is 12.1 Å². The van der Waals surface area contributed by atoms with Crippen LogP contribution in [-0.2, 0) is 0 Å². The Kier molecular flexibility index (Phi) is 2.52. The van der Waals surface area contributed by atoms with Gasteiger partial charge in [0, 0.05) is 17.4 Å². The molecule has 0 saturated heterocycles. The van der Waals surface area contributed by atoms with E-state index in [-0.39, 0.29) is 5.56 Å². The summed E-state index contributed by atoms with van der Waals surface area (Å²) >= 11 is 0. The van der Waals surface area contributed by atoms with E-state index < -0.39 is 5.82 Å². The summed E-state index contributed by atoms with van der Waals surface area (Å²) in [5.41, 5.74) is 7.51. The number of hydrogen-bond acceptors (Lipinski definition) is 3. The topological polar surface area (TPSA) is 62.7 Å². The zero-order chi connectivity index (χ0) is 11.5. The first-order valence-corrected chi connectivity index (χ1v) is 4.61. The number of benzene rings is 1. The van der Waals surface area contributed by atoms with E-state index in [4.69, 9.17) is 11.0 Å². The molecule has 4 heteroatoms. The number of anilines is 1. The molecule has 0 amide bonds. The van der Waals surface area contributed by atoms with Crippen LogP contribution in [0.25, 0.3) is 11.3 Å². The molecule has 0 unspecified atom stereocenters. The van der Waals surface area contributed by atoms with Crippen LogP contribution < -0.4 is 5.73 Å². The molecule has 0 aliphatic rings. The highest BCUT2D eigenvalue weighted by atomic mass is 19.1. The Bertz CT molecular complexity index is 573. The molecule has 1 aromatic heterocycles. The van der Waals surface area contributed by atoms with Gasteiger partial charge in [0.05, 0.1) is 17.3 Å². The normalized spacial score (nSPS) is 9.75. The minimum absolute atomic E-state index is 0.263. The van der Waals surface area contributed by atoms with Gasteiger partial charge in [-0.2, -0.15) is 5.26 Å². The third kappa shape index (κ3) is 1.98. The van der Waals surface area contributed by atoms with Crippen LogP contribution in [0.5, 0.6) is 0 Å². The first kappa shape index (κ1) is 10.1. The van der Waals surface area contributed by atoms with E-state index in [2.05, 4.69) is 4.98 Å². The number of pyridine rings is 1. The zero-order valence-electron chi connectivity index (χ0n) is 8.31. The third-order valence-electron chi connectivity index (χ3n) is 2.11. The molecule has 0 fully saturated rings. The van der Waals surface area contributed by atoms with E-state index in [1.807, 2.05) is 6.07 Å². The number of nitrogen functional groups attached to an aromatic ring is 1. The minimum atomic E-state index is -0.460. The van der Waals surface area contributed by atoms with Crippen LogP contribution in [0.1, 0.15) is 5.56 Å². The van der Waals surface area contributed by atoms with Gasteiger partial charge in [0.25, 0.3) is 0 Å². The second-order valence-electron chi connectivity index (χ2n) is 3.31. The first-order chi connectivity index (χ1) is 7.69. The molecule has 1 heterocycles. The lowest BCUT2D eigenvalue weighted by Crippen LogP contribution is -1.90. The van der Waals surface area contributed by atoms with Crippen LogP contribution in [0, 0.1) is 17.1 Å². The smallest absolute Gasteiger partial charge is 0.125 e. The molecule has 3 nitrogen and oxygen atoms in total. The van der Waals surface area contributed by atoms with Gasteiger partial charge in [-0.3, -0.25) is 4.98 Å². The number of aromatic nitrogens is 1. The second-order valence-corrected chi connectivity index (χ2v) is 3.31. The van der Waals surface area contributed by atoms with Crippen molar-refractivity contribution in [2.45, 2.75) is 0 Å². The average molecular weight is 213 g/mol. The highest BCUT2D eigenvalue weighted by Crippen LogP contribution is 2.21. The van der Waals surface area contributed by atoms with Crippen LogP contribution in [-0.4, -0.2) is 4.98 Å². The Balaban J connectivity index is 2.56. The Morgan fingerprint density at radius 3 is 2.75 bits per heavy atom. The van der Waals surface area contributed by atoms with Crippen molar-refractivity contribution >= 4 is 5.69 Å². The van der Waals surface area contributed by atoms with Gasteiger partial charge in [0.1, 0.15) is 5.82 Å². The Labute approximate surface area is 92.0 Å². The maximum Gasteiger partial charge on any atom is 0.125 e. The summed E-state index contributed by atoms with van der Waals surface area (Å²) in [6, 6.07) is 9.25. The van der Waals surface area contributed by atoms with Gasteiger partial charge in [0.15, 0.2) is 0 Å². The maximum atomic E-state index is 13.2. The summed E-state index contributed by atoms with van der Waals surface area (Å²) in [4.78, 5) is 4.07. The fourth-order valence-electron chi connectivity index (χ4n) is 1.41. The summed E-state index contributed by atoms with van der Waals surface area (Å²) in [5.74, 6) is -0.460. The predicted octanol–water partition coefficient (Wildman–Crippen LogP) is 2.34. The fourth-order valence-corrected chi connectivity index (χ4v) is 1.41. The highest BCUT2D eigenvalue weighted by Gasteiger charge is 2.04. The molecular weight excluding hydrogens is 205 g/mol. The first-order valence-electron chi connectivity index (χ1n) is 4.61. The molecule has 0 bridgehead atoms. The molecule has 0 spiro atoms. The summed E-state index contributed by atoms with van der Waals surface area (Å²) < 4.78 is 13.2. The molecule has 16 heavy (non-hydrogen) atoms. The van der Waals surface area contributed by atoms with Gasteiger partial charge in [0.2, 0.25) is 0 Å². The van der Waals surface area contributed by atoms with Crippen LogP contribution in [0.2, 0.25) is 0 Å². The summed E-state index contributed by atoms with van der Waals surface area (Å²) in [6.45, 7) is 0. The predicted molar refractivity (Wildman–Crippen MR) is 58.8 cm³/mol. The van der Waals surface area contributed by atoms with Crippen molar-refractivity contribution in [3.8, 4) is 17.3 Å². The molecule has 2 N–H and O–H groups in total. The molecule has 2 rings (SSSR count). The number of nitrogens with zero attached hydrogens (tertiary/aromatic N) is 2.